The Morgan fingerprint density at radius 1 is 1.57 bits per heavy atom. The second kappa shape index (κ2) is 4.75. The van der Waals surface area contributed by atoms with E-state index in [9.17, 15) is 4.39 Å². The first-order chi connectivity index (χ1) is 6.54. The number of halogens is 2. The highest BCUT2D eigenvalue weighted by atomic mass is 79.9. The van der Waals surface area contributed by atoms with Crippen LogP contribution in [-0.4, -0.2) is 13.2 Å². The smallest absolute Gasteiger partial charge is 0.133 e. The lowest BCUT2D eigenvalue weighted by atomic mass is 10.1. The van der Waals surface area contributed by atoms with E-state index in [2.05, 4.69) is 15.9 Å². The van der Waals surface area contributed by atoms with Crippen molar-refractivity contribution < 1.29 is 9.13 Å². The predicted molar refractivity (Wildman–Crippen MR) is 58.0 cm³/mol. The van der Waals surface area contributed by atoms with Crippen LogP contribution in [0.3, 0.4) is 0 Å². The molecule has 0 spiro atoms. The zero-order valence-corrected chi connectivity index (χ0v) is 9.77. The van der Waals surface area contributed by atoms with Gasteiger partial charge >= 0.3 is 0 Å². The van der Waals surface area contributed by atoms with Gasteiger partial charge in [-0.1, -0.05) is 0 Å². The monoisotopic (exact) mass is 261 g/mol. The number of methoxy groups -OCH3 is 1. The summed E-state index contributed by atoms with van der Waals surface area (Å²) in [6, 6.07) is 3.01. The third-order valence-electron chi connectivity index (χ3n) is 1.86. The van der Waals surface area contributed by atoms with Crippen LogP contribution in [-0.2, 0) is 6.42 Å². The minimum atomic E-state index is -0.255. The molecule has 0 radical (unpaired) electrons. The number of benzene rings is 1. The first-order valence-electron chi connectivity index (χ1n) is 4.32. The molecule has 0 saturated carbocycles. The van der Waals surface area contributed by atoms with Crippen molar-refractivity contribution in [2.24, 2.45) is 5.73 Å². The summed E-state index contributed by atoms with van der Waals surface area (Å²) in [4.78, 5) is 0. The van der Waals surface area contributed by atoms with Crippen LogP contribution in [0.4, 0.5) is 4.39 Å². The van der Waals surface area contributed by atoms with Crippen molar-refractivity contribution in [3.05, 3.63) is 28.0 Å². The largest absolute Gasteiger partial charge is 0.496 e. The van der Waals surface area contributed by atoms with Gasteiger partial charge in [-0.2, -0.15) is 0 Å². The fourth-order valence-corrected chi connectivity index (χ4v) is 1.71. The molecule has 0 saturated heterocycles. The Bertz CT molecular complexity index is 328. The fourth-order valence-electron chi connectivity index (χ4n) is 1.23. The van der Waals surface area contributed by atoms with Crippen molar-refractivity contribution in [3.8, 4) is 5.75 Å². The maximum Gasteiger partial charge on any atom is 0.133 e. The zero-order valence-electron chi connectivity index (χ0n) is 8.18. The van der Waals surface area contributed by atoms with Crippen LogP contribution < -0.4 is 10.5 Å². The molecule has 1 aromatic rings. The molecule has 0 amide bonds. The summed E-state index contributed by atoms with van der Waals surface area (Å²) in [5.74, 6) is 0.372. The third kappa shape index (κ3) is 2.69. The van der Waals surface area contributed by atoms with Gasteiger partial charge in [-0.3, -0.25) is 0 Å². The van der Waals surface area contributed by atoms with E-state index in [0.29, 0.717) is 22.2 Å². The summed E-state index contributed by atoms with van der Waals surface area (Å²) in [5.41, 5.74) is 6.19. The lowest BCUT2D eigenvalue weighted by Gasteiger charge is -2.10. The van der Waals surface area contributed by atoms with Gasteiger partial charge in [-0.15, -0.1) is 0 Å². The average molecular weight is 262 g/mol. The maximum atomic E-state index is 13.4. The molecule has 1 atom stereocenters. The summed E-state index contributed by atoms with van der Waals surface area (Å²) < 4.78 is 19.1. The van der Waals surface area contributed by atoms with Crippen molar-refractivity contribution in [1.29, 1.82) is 0 Å². The van der Waals surface area contributed by atoms with Crippen LogP contribution in [0.15, 0.2) is 16.6 Å². The Kier molecular flexibility index (Phi) is 3.89. The molecule has 0 aliphatic heterocycles. The van der Waals surface area contributed by atoms with Gasteiger partial charge in [0.15, 0.2) is 0 Å². The standard InChI is InChI=1S/C10H13BrFNO/c1-6(13)3-7-4-10(14-2)8(11)5-9(7)12/h4-6H,3,13H2,1-2H3. The predicted octanol–water partition coefficient (Wildman–Crippen LogP) is 2.49. The van der Waals surface area contributed by atoms with E-state index in [4.69, 9.17) is 10.5 Å². The van der Waals surface area contributed by atoms with Gasteiger partial charge in [0.2, 0.25) is 0 Å². The summed E-state index contributed by atoms with van der Waals surface area (Å²) in [7, 11) is 1.55. The van der Waals surface area contributed by atoms with Gasteiger partial charge in [0.05, 0.1) is 11.6 Å². The highest BCUT2D eigenvalue weighted by molar-refractivity contribution is 9.10. The third-order valence-corrected chi connectivity index (χ3v) is 2.48. The Balaban J connectivity index is 3.04. The van der Waals surface area contributed by atoms with E-state index in [1.165, 1.54) is 6.07 Å². The maximum absolute atomic E-state index is 13.4. The van der Waals surface area contributed by atoms with E-state index in [0.717, 1.165) is 0 Å². The molecule has 1 aromatic carbocycles. The van der Waals surface area contributed by atoms with E-state index in [1.807, 2.05) is 6.92 Å². The van der Waals surface area contributed by atoms with Gasteiger partial charge in [-0.05, 0) is 47.0 Å². The van der Waals surface area contributed by atoms with Crippen molar-refractivity contribution in [1.82, 2.24) is 0 Å². The van der Waals surface area contributed by atoms with Crippen LogP contribution in [0.25, 0.3) is 0 Å². The van der Waals surface area contributed by atoms with Gasteiger partial charge < -0.3 is 10.5 Å². The minimum absolute atomic E-state index is 0.0598. The number of ether oxygens (including phenoxy) is 1. The van der Waals surface area contributed by atoms with Gasteiger partial charge in [-0.25, -0.2) is 4.39 Å². The topological polar surface area (TPSA) is 35.2 Å². The molecule has 1 unspecified atom stereocenters. The molecule has 2 nitrogen and oxygen atoms in total. The molecule has 0 fully saturated rings. The van der Waals surface area contributed by atoms with E-state index < -0.39 is 0 Å². The minimum Gasteiger partial charge on any atom is -0.496 e. The van der Waals surface area contributed by atoms with Crippen LogP contribution in [0, 0.1) is 5.82 Å². The summed E-state index contributed by atoms with van der Waals surface area (Å²) >= 11 is 3.21. The molecule has 0 bridgehead atoms. The Morgan fingerprint density at radius 2 is 2.21 bits per heavy atom. The zero-order chi connectivity index (χ0) is 10.7. The molecule has 2 N–H and O–H groups in total. The van der Waals surface area contributed by atoms with E-state index in [-0.39, 0.29) is 11.9 Å². The molecule has 14 heavy (non-hydrogen) atoms. The van der Waals surface area contributed by atoms with Crippen molar-refractivity contribution in [2.45, 2.75) is 19.4 Å². The Morgan fingerprint density at radius 3 is 2.71 bits per heavy atom. The highest BCUT2D eigenvalue weighted by Gasteiger charge is 2.09. The number of hydrogen-bond donors (Lipinski definition) is 1. The molecule has 78 valence electrons. The van der Waals surface area contributed by atoms with Crippen molar-refractivity contribution in [2.75, 3.05) is 7.11 Å². The first-order valence-corrected chi connectivity index (χ1v) is 5.11. The quantitative estimate of drug-likeness (QED) is 0.908. The van der Waals surface area contributed by atoms with E-state index in [1.54, 1.807) is 13.2 Å². The normalized spacial score (nSPS) is 12.6. The Labute approximate surface area is 91.4 Å². The average Bonchev–Trinajstić information content (AvgIpc) is 2.09. The molecule has 1 rings (SSSR count). The number of nitrogens with two attached hydrogens (primary N) is 1. The Hall–Kier alpha value is -0.610. The van der Waals surface area contributed by atoms with Gasteiger partial charge in [0.25, 0.3) is 0 Å². The molecule has 0 heterocycles. The molecular weight excluding hydrogens is 249 g/mol. The summed E-state index contributed by atoms with van der Waals surface area (Å²) in [6.45, 7) is 1.84. The lowest BCUT2D eigenvalue weighted by molar-refractivity contribution is 0.409. The van der Waals surface area contributed by atoms with Gasteiger partial charge in [0.1, 0.15) is 11.6 Å². The highest BCUT2D eigenvalue weighted by Crippen LogP contribution is 2.28. The van der Waals surface area contributed by atoms with Crippen LogP contribution in [0.5, 0.6) is 5.75 Å². The number of rotatable bonds is 3. The molecule has 0 aromatic heterocycles. The van der Waals surface area contributed by atoms with Crippen molar-refractivity contribution >= 4 is 15.9 Å². The SMILES string of the molecule is COc1cc(CC(C)N)c(F)cc1Br. The number of hydrogen-bond acceptors (Lipinski definition) is 2. The van der Waals surface area contributed by atoms with Gasteiger partial charge in [0, 0.05) is 6.04 Å². The van der Waals surface area contributed by atoms with Crippen LogP contribution >= 0.6 is 15.9 Å². The summed E-state index contributed by atoms with van der Waals surface area (Å²) in [6.07, 6.45) is 0.509. The molecule has 0 aliphatic carbocycles. The molecular formula is C10H13BrFNO. The van der Waals surface area contributed by atoms with E-state index >= 15 is 0 Å². The second-order valence-electron chi connectivity index (χ2n) is 3.26. The summed E-state index contributed by atoms with van der Waals surface area (Å²) in [5, 5.41) is 0. The molecule has 0 aliphatic rings. The van der Waals surface area contributed by atoms with Crippen LogP contribution in [0.2, 0.25) is 0 Å². The molecule has 4 heteroatoms. The van der Waals surface area contributed by atoms with Crippen molar-refractivity contribution in [3.63, 3.8) is 0 Å². The second-order valence-corrected chi connectivity index (χ2v) is 4.11. The first kappa shape index (κ1) is 11.5. The van der Waals surface area contributed by atoms with Crippen LogP contribution in [0.1, 0.15) is 12.5 Å². The fraction of sp³-hybridized carbons (Fsp3) is 0.400. The lowest BCUT2D eigenvalue weighted by Crippen LogP contribution is -2.18.